The molecule has 1 amide bonds. The zero-order valence-corrected chi connectivity index (χ0v) is 12.4. The molecule has 0 aliphatic rings. The van der Waals surface area contributed by atoms with E-state index in [1.807, 2.05) is 0 Å². The molecule has 0 saturated carbocycles. The summed E-state index contributed by atoms with van der Waals surface area (Å²) >= 11 is 5.95. The highest BCUT2D eigenvalue weighted by Crippen LogP contribution is 2.36. The fourth-order valence-corrected chi connectivity index (χ4v) is 1.73. The van der Waals surface area contributed by atoms with E-state index in [4.69, 9.17) is 30.9 Å². The first-order valence-corrected chi connectivity index (χ1v) is 6.36. The molecule has 0 saturated heterocycles. The minimum atomic E-state index is -1.14. The van der Waals surface area contributed by atoms with Crippen LogP contribution in [0.5, 0.6) is 11.5 Å². The van der Waals surface area contributed by atoms with Gasteiger partial charge in [-0.05, 0) is 12.1 Å². The number of halogens is 1. The summed E-state index contributed by atoms with van der Waals surface area (Å²) in [6, 6.07) is 2.50. The van der Waals surface area contributed by atoms with Gasteiger partial charge >= 0.3 is 5.97 Å². The fourth-order valence-electron chi connectivity index (χ4n) is 1.46. The third kappa shape index (κ3) is 5.13. The predicted octanol–water partition coefficient (Wildman–Crippen LogP) is 1.19. The van der Waals surface area contributed by atoms with Crippen molar-refractivity contribution >= 4 is 23.5 Å². The lowest BCUT2D eigenvalue weighted by molar-refractivity contribution is -0.123. The molecule has 0 aliphatic heterocycles. The molecule has 1 rings (SSSR count). The van der Waals surface area contributed by atoms with Crippen molar-refractivity contribution in [2.75, 3.05) is 34.0 Å². The number of carboxylic acid groups (broad SMARTS) is 1. The van der Waals surface area contributed by atoms with E-state index in [0.29, 0.717) is 13.2 Å². The summed E-state index contributed by atoms with van der Waals surface area (Å²) in [7, 11) is 2.88. The molecule has 0 fully saturated rings. The highest BCUT2D eigenvalue weighted by atomic mass is 35.5. The molecule has 1 aromatic rings. The maximum Gasteiger partial charge on any atom is 0.335 e. The Morgan fingerprint density at radius 1 is 1.33 bits per heavy atom. The summed E-state index contributed by atoms with van der Waals surface area (Å²) in [5.41, 5.74) is -0.0336. The lowest BCUT2D eigenvalue weighted by atomic mass is 10.2. The van der Waals surface area contributed by atoms with Crippen LogP contribution < -0.4 is 14.8 Å². The standard InChI is InChI=1S/C13H16ClNO6/c1-19-4-3-15-11(16)7-21-12-9(14)5-8(13(17)18)6-10(12)20-2/h5-6H,3-4,7H2,1-2H3,(H,15,16)(H,17,18). The zero-order chi connectivity index (χ0) is 15.8. The Morgan fingerprint density at radius 2 is 2.05 bits per heavy atom. The molecule has 7 nitrogen and oxygen atoms in total. The van der Waals surface area contributed by atoms with Gasteiger partial charge in [-0.3, -0.25) is 4.79 Å². The number of hydrogen-bond donors (Lipinski definition) is 2. The molecule has 0 atom stereocenters. The van der Waals surface area contributed by atoms with Gasteiger partial charge in [0.05, 0.1) is 24.3 Å². The number of ether oxygens (including phenoxy) is 3. The molecule has 0 unspecified atom stereocenters. The molecule has 2 N–H and O–H groups in total. The predicted molar refractivity (Wildman–Crippen MR) is 75.3 cm³/mol. The first kappa shape index (κ1) is 17.1. The van der Waals surface area contributed by atoms with Gasteiger partial charge in [0.25, 0.3) is 5.91 Å². The minimum Gasteiger partial charge on any atom is -0.493 e. The van der Waals surface area contributed by atoms with Crippen molar-refractivity contribution in [3.8, 4) is 11.5 Å². The number of hydrogen-bond acceptors (Lipinski definition) is 5. The number of aromatic carboxylic acids is 1. The van der Waals surface area contributed by atoms with Gasteiger partial charge in [0.15, 0.2) is 18.1 Å². The summed E-state index contributed by atoms with van der Waals surface area (Å²) in [5, 5.41) is 11.6. The lowest BCUT2D eigenvalue weighted by Gasteiger charge is -2.13. The van der Waals surface area contributed by atoms with Crippen LogP contribution in [0.4, 0.5) is 0 Å². The second-order valence-electron chi connectivity index (χ2n) is 3.93. The Bertz CT molecular complexity index is 520. The number of carbonyl (C=O) groups is 2. The summed E-state index contributed by atoms with van der Waals surface area (Å²) in [4.78, 5) is 22.4. The number of amides is 1. The van der Waals surface area contributed by atoms with Gasteiger partial charge in [0.2, 0.25) is 0 Å². The normalized spacial score (nSPS) is 10.0. The van der Waals surface area contributed by atoms with Gasteiger partial charge < -0.3 is 24.6 Å². The average molecular weight is 318 g/mol. The van der Waals surface area contributed by atoms with E-state index in [9.17, 15) is 9.59 Å². The van der Waals surface area contributed by atoms with Gasteiger partial charge in [-0.15, -0.1) is 0 Å². The summed E-state index contributed by atoms with van der Waals surface area (Å²) in [5.74, 6) is -1.23. The Kier molecular flexibility index (Phi) is 6.77. The molecule has 8 heteroatoms. The summed E-state index contributed by atoms with van der Waals surface area (Å²) in [6.45, 7) is 0.483. The molecule has 0 spiro atoms. The van der Waals surface area contributed by atoms with E-state index in [-0.39, 0.29) is 34.6 Å². The van der Waals surface area contributed by atoms with E-state index < -0.39 is 5.97 Å². The van der Waals surface area contributed by atoms with Crippen molar-refractivity contribution < 1.29 is 28.9 Å². The zero-order valence-electron chi connectivity index (χ0n) is 11.6. The van der Waals surface area contributed by atoms with Crippen molar-refractivity contribution in [3.63, 3.8) is 0 Å². The number of rotatable bonds is 8. The third-order valence-electron chi connectivity index (χ3n) is 2.45. The molecular weight excluding hydrogens is 302 g/mol. The van der Waals surface area contributed by atoms with E-state index in [0.717, 1.165) is 0 Å². The van der Waals surface area contributed by atoms with Crippen LogP contribution in [0, 0.1) is 0 Å². The molecule has 0 aromatic heterocycles. The highest BCUT2D eigenvalue weighted by molar-refractivity contribution is 6.32. The van der Waals surface area contributed by atoms with E-state index in [2.05, 4.69) is 5.32 Å². The number of carboxylic acids is 1. The van der Waals surface area contributed by atoms with Gasteiger partial charge in [0.1, 0.15) is 0 Å². The van der Waals surface area contributed by atoms with E-state index >= 15 is 0 Å². The highest BCUT2D eigenvalue weighted by Gasteiger charge is 2.16. The fraction of sp³-hybridized carbons (Fsp3) is 0.385. The third-order valence-corrected chi connectivity index (χ3v) is 2.73. The van der Waals surface area contributed by atoms with Crippen LogP contribution in [0.25, 0.3) is 0 Å². The Hall–Kier alpha value is -1.99. The quantitative estimate of drug-likeness (QED) is 0.699. The SMILES string of the molecule is COCCNC(=O)COc1c(Cl)cc(C(=O)O)cc1OC. The first-order valence-electron chi connectivity index (χ1n) is 5.98. The Balaban J connectivity index is 2.74. The second kappa shape index (κ2) is 8.33. The minimum absolute atomic E-state index is 0.0336. The van der Waals surface area contributed by atoms with Gasteiger partial charge in [0, 0.05) is 13.7 Å². The number of nitrogens with one attached hydrogen (secondary N) is 1. The topological polar surface area (TPSA) is 94.1 Å². The second-order valence-corrected chi connectivity index (χ2v) is 4.33. The number of carbonyl (C=O) groups excluding carboxylic acids is 1. The summed E-state index contributed by atoms with van der Waals surface area (Å²) < 4.78 is 15.1. The molecule has 0 aliphatic carbocycles. The molecular formula is C13H16ClNO6. The smallest absolute Gasteiger partial charge is 0.335 e. The van der Waals surface area contributed by atoms with Crippen molar-refractivity contribution in [3.05, 3.63) is 22.7 Å². The average Bonchev–Trinajstić information content (AvgIpc) is 2.45. The summed E-state index contributed by atoms with van der Waals surface area (Å²) in [6.07, 6.45) is 0. The maximum absolute atomic E-state index is 11.5. The van der Waals surface area contributed by atoms with Crippen LogP contribution in [-0.2, 0) is 9.53 Å². The van der Waals surface area contributed by atoms with Gasteiger partial charge in [-0.2, -0.15) is 0 Å². The van der Waals surface area contributed by atoms with Crippen molar-refractivity contribution in [2.45, 2.75) is 0 Å². The molecule has 21 heavy (non-hydrogen) atoms. The molecule has 1 aromatic carbocycles. The first-order chi connectivity index (χ1) is 9.99. The Morgan fingerprint density at radius 3 is 2.62 bits per heavy atom. The van der Waals surface area contributed by atoms with E-state index in [1.54, 1.807) is 0 Å². The van der Waals surface area contributed by atoms with Crippen molar-refractivity contribution in [1.82, 2.24) is 5.32 Å². The van der Waals surface area contributed by atoms with Crippen LogP contribution in [0.2, 0.25) is 5.02 Å². The lowest BCUT2D eigenvalue weighted by Crippen LogP contribution is -2.31. The number of methoxy groups -OCH3 is 2. The van der Waals surface area contributed by atoms with Gasteiger partial charge in [-0.25, -0.2) is 4.79 Å². The monoisotopic (exact) mass is 317 g/mol. The van der Waals surface area contributed by atoms with Crippen LogP contribution in [0.3, 0.4) is 0 Å². The van der Waals surface area contributed by atoms with Crippen LogP contribution in [-0.4, -0.2) is 51.0 Å². The van der Waals surface area contributed by atoms with Crippen molar-refractivity contribution in [2.24, 2.45) is 0 Å². The largest absolute Gasteiger partial charge is 0.493 e. The van der Waals surface area contributed by atoms with Gasteiger partial charge in [-0.1, -0.05) is 11.6 Å². The molecule has 0 radical (unpaired) electrons. The molecule has 0 bridgehead atoms. The number of benzene rings is 1. The van der Waals surface area contributed by atoms with E-state index in [1.165, 1.54) is 26.4 Å². The van der Waals surface area contributed by atoms with Crippen LogP contribution >= 0.6 is 11.6 Å². The Labute approximate surface area is 126 Å². The molecule has 0 heterocycles. The van der Waals surface area contributed by atoms with Crippen LogP contribution in [0.1, 0.15) is 10.4 Å². The van der Waals surface area contributed by atoms with Crippen LogP contribution in [0.15, 0.2) is 12.1 Å². The van der Waals surface area contributed by atoms with Crippen molar-refractivity contribution in [1.29, 1.82) is 0 Å². The maximum atomic E-state index is 11.5. The molecule has 116 valence electrons.